The highest BCUT2D eigenvalue weighted by Crippen LogP contribution is 2.42. The van der Waals surface area contributed by atoms with Crippen LogP contribution in [-0.4, -0.2) is 4.57 Å². The summed E-state index contributed by atoms with van der Waals surface area (Å²) in [7, 11) is 0. The Morgan fingerprint density at radius 1 is 0.558 bits per heavy atom. The zero-order valence-corrected chi connectivity index (χ0v) is 24.1. The van der Waals surface area contributed by atoms with Crippen LogP contribution >= 0.6 is 11.3 Å². The van der Waals surface area contributed by atoms with Crippen molar-refractivity contribution in [3.8, 4) is 11.4 Å². The predicted molar refractivity (Wildman–Crippen MR) is 184 cm³/mol. The van der Waals surface area contributed by atoms with Crippen molar-refractivity contribution in [2.24, 2.45) is 0 Å². The molecule has 0 unspecified atom stereocenters. The number of thiophene rings is 1. The van der Waals surface area contributed by atoms with Gasteiger partial charge in [-0.1, -0.05) is 84.9 Å². The van der Waals surface area contributed by atoms with E-state index in [1.165, 1.54) is 58.1 Å². The Morgan fingerprint density at radius 2 is 1.28 bits per heavy atom. The summed E-state index contributed by atoms with van der Waals surface area (Å²) in [6, 6.07) is 47.6. The molecule has 0 fully saturated rings. The van der Waals surface area contributed by atoms with Crippen LogP contribution < -0.4 is 10.5 Å². The highest BCUT2D eigenvalue weighted by molar-refractivity contribution is 7.26. The molecule has 9 rings (SSSR count). The fourth-order valence-electron chi connectivity index (χ4n) is 6.60. The van der Waals surface area contributed by atoms with Gasteiger partial charge in [-0.25, -0.2) is 0 Å². The van der Waals surface area contributed by atoms with E-state index in [1.54, 1.807) is 11.3 Å². The molecule has 43 heavy (non-hydrogen) atoms. The van der Waals surface area contributed by atoms with E-state index in [0.29, 0.717) is 12.3 Å². The number of aromatic nitrogens is 1. The van der Waals surface area contributed by atoms with Gasteiger partial charge < -0.3 is 15.0 Å². The third-order valence-corrected chi connectivity index (χ3v) is 9.79. The van der Waals surface area contributed by atoms with E-state index in [0.717, 1.165) is 22.4 Å². The van der Waals surface area contributed by atoms with E-state index in [2.05, 4.69) is 132 Å². The van der Waals surface area contributed by atoms with E-state index in [9.17, 15) is 0 Å². The van der Waals surface area contributed by atoms with Gasteiger partial charge in [-0.15, -0.1) is 11.3 Å². The molecule has 0 atom stereocenters. The van der Waals surface area contributed by atoms with E-state index in [-0.39, 0.29) is 0 Å². The number of hydrogen-bond acceptors (Lipinski definition) is 3. The maximum atomic E-state index is 6.64. The van der Waals surface area contributed by atoms with Crippen LogP contribution in [0.15, 0.2) is 133 Å². The van der Waals surface area contributed by atoms with Gasteiger partial charge in [0.05, 0.1) is 16.7 Å². The minimum Gasteiger partial charge on any atom is -0.487 e. The van der Waals surface area contributed by atoms with Crippen LogP contribution in [0, 0.1) is 0 Å². The summed E-state index contributed by atoms with van der Waals surface area (Å²) in [5.41, 5.74) is 12.0. The normalized spacial score (nSPS) is 11.9. The van der Waals surface area contributed by atoms with Gasteiger partial charge in [0.2, 0.25) is 0 Å². The first-order valence-electron chi connectivity index (χ1n) is 14.5. The number of rotatable bonds is 4. The molecule has 0 aliphatic rings. The minimum absolute atomic E-state index is 0.445. The molecule has 4 heteroatoms. The first-order valence-corrected chi connectivity index (χ1v) is 15.3. The van der Waals surface area contributed by atoms with Gasteiger partial charge >= 0.3 is 0 Å². The van der Waals surface area contributed by atoms with Gasteiger partial charge in [-0.2, -0.15) is 0 Å². The van der Waals surface area contributed by atoms with Gasteiger partial charge in [0.25, 0.3) is 0 Å². The second kappa shape index (κ2) is 9.35. The number of fused-ring (bicyclic) bond motifs is 9. The fraction of sp³-hybridized carbons (Fsp3) is 0.0256. The molecule has 9 aromatic rings. The Bertz CT molecular complexity index is 2520. The second-order valence-corrected chi connectivity index (χ2v) is 12.2. The molecule has 0 amide bonds. The van der Waals surface area contributed by atoms with Gasteiger partial charge in [0, 0.05) is 36.6 Å². The van der Waals surface area contributed by atoms with Crippen molar-refractivity contribution in [1.29, 1.82) is 0 Å². The molecule has 0 aliphatic heterocycles. The number of hydrogen-bond donors (Lipinski definition) is 1. The molecule has 7 aromatic carbocycles. The molecule has 204 valence electrons. The first kappa shape index (κ1) is 24.3. The van der Waals surface area contributed by atoms with Gasteiger partial charge in [-0.3, -0.25) is 0 Å². The summed E-state index contributed by atoms with van der Waals surface area (Å²) in [5.74, 6) is 0.723. The van der Waals surface area contributed by atoms with Crippen molar-refractivity contribution in [3.05, 3.63) is 139 Å². The third kappa shape index (κ3) is 3.73. The number of nitrogens with zero attached hydrogens (tertiary/aromatic N) is 1. The number of ether oxygens (including phenoxy) is 1. The Balaban J connectivity index is 1.12. The third-order valence-electron chi connectivity index (χ3n) is 8.65. The van der Waals surface area contributed by atoms with Gasteiger partial charge in [-0.05, 0) is 75.6 Å². The smallest absolute Gasteiger partial charge is 0.143 e. The topological polar surface area (TPSA) is 40.2 Å². The van der Waals surface area contributed by atoms with Crippen LogP contribution in [0.2, 0.25) is 0 Å². The summed E-state index contributed by atoms with van der Waals surface area (Å²) >= 11 is 1.76. The molecular weight excluding hydrogens is 545 g/mol. The molecule has 0 bridgehead atoms. The van der Waals surface area contributed by atoms with Gasteiger partial charge in [0.1, 0.15) is 12.4 Å². The largest absolute Gasteiger partial charge is 0.487 e. The first-order chi connectivity index (χ1) is 21.2. The Kier molecular flexibility index (Phi) is 5.28. The van der Waals surface area contributed by atoms with Crippen LogP contribution in [-0.2, 0) is 6.61 Å². The molecule has 0 saturated heterocycles. The molecule has 2 aromatic heterocycles. The summed E-state index contributed by atoms with van der Waals surface area (Å²) in [4.78, 5) is 0. The SMILES string of the molecule is Nc1c(OCc2ccc(-n3c4cc5ccccc5cc4c4c5ccccc5ccc43)cc2)ccc2sc3ccccc3c12. The zero-order chi connectivity index (χ0) is 28.5. The molecule has 2 heterocycles. The lowest BCUT2D eigenvalue weighted by Gasteiger charge is -2.12. The van der Waals surface area contributed by atoms with Crippen molar-refractivity contribution in [2.45, 2.75) is 6.61 Å². The van der Waals surface area contributed by atoms with Crippen LogP contribution in [0.3, 0.4) is 0 Å². The summed E-state index contributed by atoms with van der Waals surface area (Å²) in [5, 5.41) is 9.84. The summed E-state index contributed by atoms with van der Waals surface area (Å²) in [6.45, 7) is 0.445. The Labute approximate surface area is 252 Å². The molecule has 3 nitrogen and oxygen atoms in total. The maximum absolute atomic E-state index is 6.64. The van der Waals surface area contributed by atoms with Crippen molar-refractivity contribution < 1.29 is 4.74 Å². The summed E-state index contributed by atoms with van der Waals surface area (Å²) in [6.07, 6.45) is 0. The quantitative estimate of drug-likeness (QED) is 0.214. The van der Waals surface area contributed by atoms with E-state index >= 15 is 0 Å². The van der Waals surface area contributed by atoms with Crippen LogP contribution in [0.4, 0.5) is 5.69 Å². The average molecular weight is 571 g/mol. The van der Waals surface area contributed by atoms with E-state index in [1.807, 2.05) is 6.07 Å². The average Bonchev–Trinajstić information content (AvgIpc) is 3.59. The molecule has 0 saturated carbocycles. The monoisotopic (exact) mass is 570 g/mol. The predicted octanol–water partition coefficient (Wildman–Crippen LogP) is 10.6. The molecule has 0 aliphatic carbocycles. The lowest BCUT2D eigenvalue weighted by molar-refractivity contribution is 0.308. The second-order valence-electron chi connectivity index (χ2n) is 11.1. The van der Waals surface area contributed by atoms with E-state index in [4.69, 9.17) is 10.5 Å². The maximum Gasteiger partial charge on any atom is 0.143 e. The van der Waals surface area contributed by atoms with Crippen LogP contribution in [0.5, 0.6) is 5.75 Å². The number of nitrogens with two attached hydrogens (primary N) is 1. The zero-order valence-electron chi connectivity index (χ0n) is 23.2. The minimum atomic E-state index is 0.445. The molecule has 2 N–H and O–H groups in total. The van der Waals surface area contributed by atoms with Crippen molar-refractivity contribution >= 4 is 80.5 Å². The highest BCUT2D eigenvalue weighted by Gasteiger charge is 2.16. The van der Waals surface area contributed by atoms with Crippen LogP contribution in [0.1, 0.15) is 5.56 Å². The molecular formula is C39H26N2OS. The molecule has 0 spiro atoms. The van der Waals surface area contributed by atoms with Crippen LogP contribution in [0.25, 0.3) is 69.2 Å². The van der Waals surface area contributed by atoms with E-state index < -0.39 is 0 Å². The van der Waals surface area contributed by atoms with Crippen molar-refractivity contribution in [3.63, 3.8) is 0 Å². The summed E-state index contributed by atoms with van der Waals surface area (Å²) < 4.78 is 11.1. The standard InChI is InChI=1S/C39H26N2OS/c40-39-34(19-20-36-38(39)30-11-5-6-12-35(30)43-36)42-23-24-13-16-28(17-14-24)41-32-18-15-25-7-3-4-10-29(25)37(32)31-21-26-8-1-2-9-27(26)22-33(31)41/h1-22H,23,40H2. The number of nitrogen functional groups attached to an aromatic ring is 1. The van der Waals surface area contributed by atoms with Crippen molar-refractivity contribution in [2.75, 3.05) is 5.73 Å². The van der Waals surface area contributed by atoms with Crippen molar-refractivity contribution in [1.82, 2.24) is 4.57 Å². The fourth-order valence-corrected chi connectivity index (χ4v) is 7.72. The van der Waals surface area contributed by atoms with Gasteiger partial charge in [0.15, 0.2) is 0 Å². The number of benzene rings is 7. The number of anilines is 1. The lowest BCUT2D eigenvalue weighted by atomic mass is 10.0. The Morgan fingerprint density at radius 3 is 2.12 bits per heavy atom. The highest BCUT2D eigenvalue weighted by atomic mass is 32.1. The lowest BCUT2D eigenvalue weighted by Crippen LogP contribution is -2.00. The Hall–Kier alpha value is -5.32. The molecule has 0 radical (unpaired) electrons.